The van der Waals surface area contributed by atoms with E-state index in [2.05, 4.69) is 26.1 Å². The van der Waals surface area contributed by atoms with Crippen molar-refractivity contribution in [3.05, 3.63) is 29.8 Å². The van der Waals surface area contributed by atoms with Gasteiger partial charge in [0.25, 0.3) is 5.91 Å². The summed E-state index contributed by atoms with van der Waals surface area (Å²) in [7, 11) is 0. The molecule has 0 aliphatic rings. The molecule has 0 bridgehead atoms. The number of amides is 1. The third-order valence-corrected chi connectivity index (χ3v) is 3.68. The van der Waals surface area contributed by atoms with Crippen molar-refractivity contribution in [3.63, 3.8) is 0 Å². The molecule has 3 N–H and O–H groups in total. The lowest BCUT2D eigenvalue weighted by Crippen LogP contribution is -2.48. The van der Waals surface area contributed by atoms with Gasteiger partial charge in [-0.25, -0.2) is 0 Å². The molecule has 0 saturated heterocycles. The average Bonchev–Trinajstić information content (AvgIpc) is 2.34. The Morgan fingerprint density at radius 3 is 2.28 bits per heavy atom. The lowest BCUT2D eigenvalue weighted by atomic mass is 9.86. The van der Waals surface area contributed by atoms with Crippen LogP contribution in [0.25, 0.3) is 0 Å². The number of nitrogens with two attached hydrogens (primary N) is 1. The topological polar surface area (TPSA) is 55.1 Å². The van der Waals surface area contributed by atoms with Crippen molar-refractivity contribution < 1.29 is 4.79 Å². The van der Waals surface area contributed by atoms with E-state index in [1.807, 2.05) is 30.5 Å². The van der Waals surface area contributed by atoms with Gasteiger partial charge in [-0.1, -0.05) is 20.8 Å². The monoisotopic (exact) mass is 266 g/mol. The summed E-state index contributed by atoms with van der Waals surface area (Å²) in [6.45, 7) is 6.66. The SMILES string of the molecule is CSc1ccc(C(=O)NC(CN)C(C)(C)C)cc1. The number of benzene rings is 1. The van der Waals surface area contributed by atoms with Crippen LogP contribution in [0.3, 0.4) is 0 Å². The van der Waals surface area contributed by atoms with Gasteiger partial charge in [-0.15, -0.1) is 11.8 Å². The van der Waals surface area contributed by atoms with E-state index >= 15 is 0 Å². The largest absolute Gasteiger partial charge is 0.348 e. The fraction of sp³-hybridized carbons (Fsp3) is 0.500. The maximum Gasteiger partial charge on any atom is 0.251 e. The predicted molar refractivity (Wildman–Crippen MR) is 78.0 cm³/mol. The van der Waals surface area contributed by atoms with Gasteiger partial charge in [0.15, 0.2) is 0 Å². The smallest absolute Gasteiger partial charge is 0.251 e. The highest BCUT2D eigenvalue weighted by molar-refractivity contribution is 7.98. The first-order chi connectivity index (χ1) is 8.38. The molecule has 4 heteroatoms. The molecule has 0 spiro atoms. The molecule has 3 nitrogen and oxygen atoms in total. The maximum atomic E-state index is 12.1. The van der Waals surface area contributed by atoms with Gasteiger partial charge in [0, 0.05) is 23.0 Å². The Morgan fingerprint density at radius 2 is 1.89 bits per heavy atom. The minimum atomic E-state index is -0.0620. The summed E-state index contributed by atoms with van der Waals surface area (Å²) in [6, 6.07) is 7.57. The molecule has 0 aromatic heterocycles. The number of rotatable bonds is 4. The first kappa shape index (κ1) is 15.1. The van der Waals surface area contributed by atoms with Crippen LogP contribution in [-0.2, 0) is 0 Å². The first-order valence-electron chi connectivity index (χ1n) is 6.03. The number of nitrogens with one attached hydrogen (secondary N) is 1. The number of hydrogen-bond acceptors (Lipinski definition) is 3. The van der Waals surface area contributed by atoms with E-state index in [4.69, 9.17) is 5.73 Å². The van der Waals surface area contributed by atoms with Crippen LogP contribution in [0, 0.1) is 5.41 Å². The van der Waals surface area contributed by atoms with E-state index in [-0.39, 0.29) is 17.4 Å². The van der Waals surface area contributed by atoms with E-state index in [1.165, 1.54) is 0 Å². The highest BCUT2D eigenvalue weighted by atomic mass is 32.2. The quantitative estimate of drug-likeness (QED) is 0.823. The number of carbonyl (C=O) groups excluding carboxylic acids is 1. The van der Waals surface area contributed by atoms with Gasteiger partial charge in [0.2, 0.25) is 0 Å². The Morgan fingerprint density at radius 1 is 1.33 bits per heavy atom. The molecule has 100 valence electrons. The van der Waals surface area contributed by atoms with Crippen molar-refractivity contribution in [2.45, 2.75) is 31.7 Å². The van der Waals surface area contributed by atoms with Crippen molar-refractivity contribution in [1.29, 1.82) is 0 Å². The van der Waals surface area contributed by atoms with Gasteiger partial charge in [-0.2, -0.15) is 0 Å². The van der Waals surface area contributed by atoms with Gasteiger partial charge < -0.3 is 11.1 Å². The van der Waals surface area contributed by atoms with Crippen molar-refractivity contribution in [1.82, 2.24) is 5.32 Å². The van der Waals surface area contributed by atoms with E-state index in [0.717, 1.165) is 4.90 Å². The molecule has 1 aromatic carbocycles. The third kappa shape index (κ3) is 4.03. The molecule has 18 heavy (non-hydrogen) atoms. The molecular formula is C14H22N2OS. The van der Waals surface area contributed by atoms with Crippen molar-refractivity contribution >= 4 is 17.7 Å². The van der Waals surface area contributed by atoms with Gasteiger partial charge in [0.1, 0.15) is 0 Å². The molecule has 1 atom stereocenters. The number of hydrogen-bond donors (Lipinski definition) is 2. The molecule has 0 aliphatic heterocycles. The maximum absolute atomic E-state index is 12.1. The van der Waals surface area contributed by atoms with Crippen LogP contribution in [0.15, 0.2) is 29.2 Å². The van der Waals surface area contributed by atoms with Crippen LogP contribution in [-0.4, -0.2) is 24.7 Å². The Hall–Kier alpha value is -1.00. The summed E-state index contributed by atoms with van der Waals surface area (Å²) in [4.78, 5) is 13.2. The summed E-state index contributed by atoms with van der Waals surface area (Å²) >= 11 is 1.66. The standard InChI is InChI=1S/C14H22N2OS/c1-14(2,3)12(9-15)16-13(17)10-5-7-11(18-4)8-6-10/h5-8,12H,9,15H2,1-4H3,(H,16,17). The molecule has 1 unspecified atom stereocenters. The summed E-state index contributed by atoms with van der Waals surface area (Å²) < 4.78 is 0. The van der Waals surface area contributed by atoms with Crippen molar-refractivity contribution in [3.8, 4) is 0 Å². The zero-order valence-corrected chi connectivity index (χ0v) is 12.3. The summed E-state index contributed by atoms with van der Waals surface area (Å²) in [5, 5.41) is 2.99. The second-order valence-corrected chi connectivity index (χ2v) is 6.24. The molecular weight excluding hydrogens is 244 g/mol. The predicted octanol–water partition coefficient (Wildman–Crippen LogP) is 2.51. The normalized spacial score (nSPS) is 13.2. The third-order valence-electron chi connectivity index (χ3n) is 2.94. The lowest BCUT2D eigenvalue weighted by molar-refractivity contribution is 0.0905. The Balaban J connectivity index is 2.75. The Bertz CT molecular complexity index is 395. The average molecular weight is 266 g/mol. The number of thioether (sulfide) groups is 1. The van der Waals surface area contributed by atoms with Crippen LogP contribution >= 0.6 is 11.8 Å². The molecule has 0 heterocycles. The second-order valence-electron chi connectivity index (χ2n) is 5.36. The van der Waals surface area contributed by atoms with Crippen molar-refractivity contribution in [2.75, 3.05) is 12.8 Å². The first-order valence-corrected chi connectivity index (χ1v) is 7.26. The minimum Gasteiger partial charge on any atom is -0.348 e. The van der Waals surface area contributed by atoms with Gasteiger partial charge in [0.05, 0.1) is 0 Å². The molecule has 1 rings (SSSR count). The van der Waals surface area contributed by atoms with E-state index in [1.54, 1.807) is 11.8 Å². The summed E-state index contributed by atoms with van der Waals surface area (Å²) in [6.07, 6.45) is 2.01. The Kier molecular flexibility index (Phi) is 5.23. The fourth-order valence-corrected chi connectivity index (χ4v) is 2.02. The highest BCUT2D eigenvalue weighted by Crippen LogP contribution is 2.19. The molecule has 1 aromatic rings. The van der Waals surface area contributed by atoms with E-state index in [9.17, 15) is 4.79 Å². The van der Waals surface area contributed by atoms with Gasteiger partial charge in [-0.3, -0.25) is 4.79 Å². The zero-order chi connectivity index (χ0) is 13.8. The Labute approximate surface area is 114 Å². The highest BCUT2D eigenvalue weighted by Gasteiger charge is 2.25. The van der Waals surface area contributed by atoms with Gasteiger partial charge >= 0.3 is 0 Å². The van der Waals surface area contributed by atoms with E-state index in [0.29, 0.717) is 12.1 Å². The molecule has 0 saturated carbocycles. The zero-order valence-electron chi connectivity index (χ0n) is 11.5. The van der Waals surface area contributed by atoms with Gasteiger partial charge in [-0.05, 0) is 35.9 Å². The molecule has 1 amide bonds. The summed E-state index contributed by atoms with van der Waals surface area (Å²) in [5.74, 6) is -0.0620. The molecule has 0 radical (unpaired) electrons. The van der Waals surface area contributed by atoms with Crippen LogP contribution in [0.1, 0.15) is 31.1 Å². The van der Waals surface area contributed by atoms with Crippen LogP contribution < -0.4 is 11.1 Å². The van der Waals surface area contributed by atoms with Crippen molar-refractivity contribution in [2.24, 2.45) is 11.1 Å². The fourth-order valence-electron chi connectivity index (χ4n) is 1.61. The lowest BCUT2D eigenvalue weighted by Gasteiger charge is -2.30. The minimum absolute atomic E-state index is 0.0229. The molecule has 0 fully saturated rings. The van der Waals surface area contributed by atoms with Crippen LogP contribution in [0.5, 0.6) is 0 Å². The number of carbonyl (C=O) groups is 1. The second kappa shape index (κ2) is 6.25. The van der Waals surface area contributed by atoms with E-state index < -0.39 is 0 Å². The summed E-state index contributed by atoms with van der Waals surface area (Å²) in [5.41, 5.74) is 6.35. The molecule has 0 aliphatic carbocycles. The van der Waals surface area contributed by atoms with Crippen LogP contribution in [0.2, 0.25) is 0 Å². The van der Waals surface area contributed by atoms with Crippen LogP contribution in [0.4, 0.5) is 0 Å².